The van der Waals surface area contributed by atoms with Crippen LogP contribution in [-0.2, 0) is 4.79 Å². The Labute approximate surface area is 92.3 Å². The van der Waals surface area contributed by atoms with Crippen LogP contribution in [0.15, 0.2) is 11.9 Å². The molecule has 4 heteroatoms. The molecular weight excluding hydrogens is 190 g/mol. The summed E-state index contributed by atoms with van der Waals surface area (Å²) in [6.45, 7) is 9.25. The second-order valence-corrected chi connectivity index (χ2v) is 4.76. The minimum absolute atomic E-state index is 0.0415. The van der Waals surface area contributed by atoms with E-state index in [2.05, 4.69) is 10.6 Å². The van der Waals surface area contributed by atoms with E-state index >= 15 is 0 Å². The number of rotatable bonds is 5. The van der Waals surface area contributed by atoms with Crippen LogP contribution in [0.1, 0.15) is 34.1 Å². The lowest BCUT2D eigenvalue weighted by atomic mass is 9.92. The quantitative estimate of drug-likeness (QED) is 0.596. The van der Waals surface area contributed by atoms with Crippen molar-refractivity contribution in [2.75, 3.05) is 13.1 Å². The third-order valence-corrected chi connectivity index (χ3v) is 1.78. The molecule has 0 fully saturated rings. The Morgan fingerprint density at radius 2 is 1.80 bits per heavy atom. The van der Waals surface area contributed by atoms with E-state index < -0.39 is 0 Å². The number of amides is 1. The summed E-state index contributed by atoms with van der Waals surface area (Å²) in [5.74, 6) is 0.725. The Morgan fingerprint density at radius 1 is 1.27 bits per heavy atom. The van der Waals surface area contributed by atoms with Crippen molar-refractivity contribution in [1.82, 2.24) is 10.6 Å². The summed E-state index contributed by atoms with van der Waals surface area (Å²) in [4.78, 5) is 11.4. The fourth-order valence-electron chi connectivity index (χ4n) is 1.05. The molecule has 0 aliphatic carbocycles. The van der Waals surface area contributed by atoms with E-state index in [1.807, 2.05) is 27.7 Å². The Kier molecular flexibility index (Phi) is 5.82. The molecule has 15 heavy (non-hydrogen) atoms. The topological polar surface area (TPSA) is 67.2 Å². The zero-order chi connectivity index (χ0) is 11.9. The fourth-order valence-corrected chi connectivity index (χ4v) is 1.05. The Morgan fingerprint density at radius 3 is 2.27 bits per heavy atom. The van der Waals surface area contributed by atoms with Gasteiger partial charge in [-0.1, -0.05) is 20.8 Å². The highest BCUT2D eigenvalue weighted by atomic mass is 16.1. The third-order valence-electron chi connectivity index (χ3n) is 1.78. The average Bonchev–Trinajstić information content (AvgIpc) is 2.09. The van der Waals surface area contributed by atoms with Gasteiger partial charge >= 0.3 is 0 Å². The zero-order valence-corrected chi connectivity index (χ0v) is 10.2. The van der Waals surface area contributed by atoms with Gasteiger partial charge in [-0.25, -0.2) is 0 Å². The first-order valence-electron chi connectivity index (χ1n) is 5.27. The van der Waals surface area contributed by atoms with Crippen molar-refractivity contribution < 1.29 is 4.79 Å². The Balaban J connectivity index is 3.57. The number of carbonyl (C=O) groups is 1. The minimum Gasteiger partial charge on any atom is -0.386 e. The highest BCUT2D eigenvalue weighted by Gasteiger charge is 2.14. The van der Waals surface area contributed by atoms with E-state index in [4.69, 9.17) is 5.73 Å². The van der Waals surface area contributed by atoms with Crippen molar-refractivity contribution in [2.45, 2.75) is 34.1 Å². The van der Waals surface area contributed by atoms with Gasteiger partial charge < -0.3 is 16.4 Å². The largest absolute Gasteiger partial charge is 0.386 e. The van der Waals surface area contributed by atoms with Crippen LogP contribution in [0, 0.1) is 5.41 Å². The molecule has 0 saturated carbocycles. The standard InChI is InChI=1S/C11H23N3O/c1-5-9(12)13-6-7-14-10(15)8-11(2,3)4/h5,13H,6-8,12H2,1-4H3,(H,14,15)/b9-5-. The van der Waals surface area contributed by atoms with E-state index in [-0.39, 0.29) is 11.3 Å². The molecule has 4 N–H and O–H groups in total. The lowest BCUT2D eigenvalue weighted by molar-refractivity contribution is -0.122. The molecule has 0 heterocycles. The van der Waals surface area contributed by atoms with Gasteiger partial charge in [0.1, 0.15) is 0 Å². The van der Waals surface area contributed by atoms with Crippen molar-refractivity contribution in [3.05, 3.63) is 11.9 Å². The first-order chi connectivity index (χ1) is 6.85. The molecule has 0 aliphatic heterocycles. The summed E-state index contributed by atoms with van der Waals surface area (Å²) in [5, 5.41) is 5.81. The maximum absolute atomic E-state index is 11.4. The molecule has 0 saturated heterocycles. The second kappa shape index (κ2) is 6.32. The molecule has 0 radical (unpaired) electrons. The van der Waals surface area contributed by atoms with E-state index in [9.17, 15) is 4.79 Å². The maximum atomic E-state index is 11.4. The van der Waals surface area contributed by atoms with Crippen LogP contribution in [0.5, 0.6) is 0 Å². The van der Waals surface area contributed by atoms with Gasteiger partial charge in [0.15, 0.2) is 0 Å². The highest BCUT2D eigenvalue weighted by Crippen LogP contribution is 2.17. The van der Waals surface area contributed by atoms with Crippen LogP contribution in [0.2, 0.25) is 0 Å². The molecule has 1 amide bonds. The minimum atomic E-state index is 0.0415. The first kappa shape index (κ1) is 13.8. The summed E-state index contributed by atoms with van der Waals surface area (Å²) in [7, 11) is 0. The van der Waals surface area contributed by atoms with E-state index in [0.717, 1.165) is 0 Å². The average molecular weight is 213 g/mol. The molecule has 0 bridgehead atoms. The molecule has 0 spiro atoms. The van der Waals surface area contributed by atoms with Crippen molar-refractivity contribution >= 4 is 5.91 Å². The predicted octanol–water partition coefficient (Wildman–Crippen LogP) is 0.948. The van der Waals surface area contributed by atoms with Gasteiger partial charge in [0.05, 0.1) is 5.82 Å². The van der Waals surface area contributed by atoms with Gasteiger partial charge in [-0.05, 0) is 18.4 Å². The van der Waals surface area contributed by atoms with Crippen LogP contribution in [0.25, 0.3) is 0 Å². The molecule has 0 aliphatic rings. The molecule has 0 aromatic rings. The van der Waals surface area contributed by atoms with Gasteiger partial charge in [0.25, 0.3) is 0 Å². The normalized spacial score (nSPS) is 12.4. The molecule has 88 valence electrons. The lowest BCUT2D eigenvalue weighted by Crippen LogP contribution is -2.34. The summed E-state index contributed by atoms with van der Waals surface area (Å²) in [5.41, 5.74) is 5.57. The molecule has 4 nitrogen and oxygen atoms in total. The van der Waals surface area contributed by atoms with Crippen LogP contribution < -0.4 is 16.4 Å². The van der Waals surface area contributed by atoms with Crippen LogP contribution in [-0.4, -0.2) is 19.0 Å². The summed E-state index contributed by atoms with van der Waals surface area (Å²) in [6.07, 6.45) is 2.34. The predicted molar refractivity (Wildman–Crippen MR) is 63.0 cm³/mol. The number of allylic oxidation sites excluding steroid dienone is 1. The first-order valence-corrected chi connectivity index (χ1v) is 5.27. The number of hydrogen-bond donors (Lipinski definition) is 3. The van der Waals surface area contributed by atoms with Crippen molar-refractivity contribution in [3.8, 4) is 0 Å². The van der Waals surface area contributed by atoms with Gasteiger partial charge in [-0.2, -0.15) is 0 Å². The summed E-state index contributed by atoms with van der Waals surface area (Å²) >= 11 is 0. The molecule has 0 aromatic carbocycles. The van der Waals surface area contributed by atoms with Crippen LogP contribution in [0.3, 0.4) is 0 Å². The van der Waals surface area contributed by atoms with Gasteiger partial charge in [-0.3, -0.25) is 4.79 Å². The van der Waals surface area contributed by atoms with E-state index in [0.29, 0.717) is 25.3 Å². The molecule has 0 unspecified atom stereocenters. The molecule has 0 aromatic heterocycles. The van der Waals surface area contributed by atoms with Gasteiger partial charge in [0, 0.05) is 19.5 Å². The SMILES string of the molecule is C/C=C(/N)NCCNC(=O)CC(C)(C)C. The zero-order valence-electron chi connectivity index (χ0n) is 10.2. The molecular formula is C11H23N3O. The Hall–Kier alpha value is -1.19. The maximum Gasteiger partial charge on any atom is 0.220 e. The van der Waals surface area contributed by atoms with Gasteiger partial charge in [-0.15, -0.1) is 0 Å². The van der Waals surface area contributed by atoms with Crippen LogP contribution >= 0.6 is 0 Å². The lowest BCUT2D eigenvalue weighted by Gasteiger charge is -2.17. The summed E-state index contributed by atoms with van der Waals surface area (Å²) < 4.78 is 0. The monoisotopic (exact) mass is 213 g/mol. The van der Waals surface area contributed by atoms with E-state index in [1.54, 1.807) is 6.08 Å². The fraction of sp³-hybridized carbons (Fsp3) is 0.727. The van der Waals surface area contributed by atoms with Crippen molar-refractivity contribution in [1.29, 1.82) is 0 Å². The molecule has 0 rings (SSSR count). The highest BCUT2D eigenvalue weighted by molar-refractivity contribution is 5.76. The van der Waals surface area contributed by atoms with Crippen molar-refractivity contribution in [3.63, 3.8) is 0 Å². The number of nitrogens with two attached hydrogens (primary N) is 1. The number of nitrogens with one attached hydrogen (secondary N) is 2. The second-order valence-electron chi connectivity index (χ2n) is 4.76. The summed E-state index contributed by atoms with van der Waals surface area (Å²) in [6, 6.07) is 0. The molecule has 0 atom stereocenters. The van der Waals surface area contributed by atoms with Gasteiger partial charge in [0.2, 0.25) is 5.91 Å². The third kappa shape index (κ3) is 9.12. The smallest absolute Gasteiger partial charge is 0.220 e. The number of hydrogen-bond acceptors (Lipinski definition) is 3. The van der Waals surface area contributed by atoms with Crippen LogP contribution in [0.4, 0.5) is 0 Å². The van der Waals surface area contributed by atoms with Crippen molar-refractivity contribution in [2.24, 2.45) is 11.1 Å². The van der Waals surface area contributed by atoms with E-state index in [1.165, 1.54) is 0 Å². The number of carbonyl (C=O) groups excluding carboxylic acids is 1. The Bertz CT molecular complexity index is 228.